The summed E-state index contributed by atoms with van der Waals surface area (Å²) in [6.07, 6.45) is 8.05. The Morgan fingerprint density at radius 3 is 1.75 bits per heavy atom. The molecular formula is C36H52N2O6. The molecule has 2 aromatic rings. The maximum Gasteiger partial charge on any atom is 0.407 e. The van der Waals surface area contributed by atoms with Gasteiger partial charge in [-0.05, 0) is 69.4 Å². The molecule has 0 unspecified atom stereocenters. The first-order chi connectivity index (χ1) is 21.1. The van der Waals surface area contributed by atoms with Gasteiger partial charge >= 0.3 is 12.1 Å². The Hall–Kier alpha value is -3.39. The number of hydrogen-bond acceptors (Lipinski definition) is 6. The lowest BCUT2D eigenvalue weighted by molar-refractivity contribution is -0.147. The topological polar surface area (TPSA) is 103 Å². The van der Waals surface area contributed by atoms with E-state index in [1.807, 2.05) is 81.4 Å². The van der Waals surface area contributed by atoms with E-state index in [4.69, 9.17) is 14.2 Å². The third kappa shape index (κ3) is 13.5. The first-order valence-corrected chi connectivity index (χ1v) is 16.1. The maximum absolute atomic E-state index is 13.0. The molecule has 2 aliphatic rings. The summed E-state index contributed by atoms with van der Waals surface area (Å²) in [5.74, 6) is -0.0245. The fraction of sp³-hybridized carbons (Fsp3) is 0.583. The molecule has 0 aromatic heterocycles. The van der Waals surface area contributed by atoms with Gasteiger partial charge in [-0.3, -0.25) is 9.59 Å². The van der Waals surface area contributed by atoms with Crippen molar-refractivity contribution in [3.05, 3.63) is 71.8 Å². The predicted octanol–water partition coefficient (Wildman–Crippen LogP) is 7.10. The number of amides is 2. The molecule has 4 rings (SSSR count). The van der Waals surface area contributed by atoms with Crippen molar-refractivity contribution >= 4 is 18.0 Å². The number of methoxy groups -OCH3 is 1. The van der Waals surface area contributed by atoms with Crippen molar-refractivity contribution in [1.29, 1.82) is 0 Å². The lowest BCUT2D eigenvalue weighted by atomic mass is 9.80. The number of carbonyl (C=O) groups excluding carboxylic acids is 3. The molecule has 2 amide bonds. The Balaban J connectivity index is 0.000000502. The second kappa shape index (κ2) is 18.4. The van der Waals surface area contributed by atoms with Crippen LogP contribution in [-0.2, 0) is 37.0 Å². The van der Waals surface area contributed by atoms with E-state index < -0.39 is 11.7 Å². The Kier molecular flexibility index (Phi) is 14.7. The largest absolute Gasteiger partial charge is 0.461 e. The monoisotopic (exact) mass is 608 g/mol. The van der Waals surface area contributed by atoms with E-state index in [0.29, 0.717) is 19.4 Å². The molecule has 44 heavy (non-hydrogen) atoms. The summed E-state index contributed by atoms with van der Waals surface area (Å²) < 4.78 is 15.8. The quantitative estimate of drug-likeness (QED) is 0.279. The van der Waals surface area contributed by atoms with Gasteiger partial charge in [-0.2, -0.15) is 0 Å². The smallest absolute Gasteiger partial charge is 0.407 e. The molecule has 0 bridgehead atoms. The van der Waals surface area contributed by atoms with E-state index in [9.17, 15) is 14.4 Å². The molecule has 2 aromatic carbocycles. The van der Waals surface area contributed by atoms with Crippen molar-refractivity contribution in [3.8, 4) is 0 Å². The zero-order chi connectivity index (χ0) is 31.8. The molecule has 0 spiro atoms. The van der Waals surface area contributed by atoms with Crippen molar-refractivity contribution in [2.45, 2.75) is 116 Å². The SMILES string of the molecule is CC(C)(C)OC(=O)N[C@@H]1CCCC[C@H]1CC(=O)N[C@@H]1CCCC[C@H]1CC(=O)OCc1ccccc1.COCc1ccccc1. The third-order valence-corrected chi connectivity index (χ3v) is 8.14. The number of alkyl carbamates (subject to hydrolysis) is 1. The van der Waals surface area contributed by atoms with Crippen LogP contribution in [0.4, 0.5) is 4.79 Å². The zero-order valence-corrected chi connectivity index (χ0v) is 27.0. The number of carbonyl (C=O) groups is 3. The van der Waals surface area contributed by atoms with Gasteiger partial charge in [0.05, 0.1) is 13.0 Å². The van der Waals surface area contributed by atoms with E-state index in [1.165, 1.54) is 5.56 Å². The first-order valence-electron chi connectivity index (χ1n) is 16.1. The standard InChI is InChI=1S/C28H42N2O5.C8H10O/c1-28(2,3)35-27(33)30-24-16-10-7-13-21(24)17-25(31)29-23-15-9-8-14-22(23)18-26(32)34-19-20-11-5-4-6-12-20;1-9-7-8-5-3-2-4-6-8/h4-6,11-12,21-24H,7-10,13-19H2,1-3H3,(H,29,31)(H,30,33);2-6H,7H2,1H3/t21-,22-,23+,24+;/m0./s1. The highest BCUT2D eigenvalue weighted by Crippen LogP contribution is 2.30. The Bertz CT molecular complexity index is 1130. The predicted molar refractivity (Wildman–Crippen MR) is 172 cm³/mol. The summed E-state index contributed by atoms with van der Waals surface area (Å²) in [6, 6.07) is 19.7. The highest BCUT2D eigenvalue weighted by atomic mass is 16.6. The van der Waals surface area contributed by atoms with Crippen LogP contribution in [0.25, 0.3) is 0 Å². The number of benzene rings is 2. The van der Waals surface area contributed by atoms with Crippen LogP contribution in [0.5, 0.6) is 0 Å². The number of esters is 1. The number of nitrogens with one attached hydrogen (secondary N) is 2. The average molecular weight is 609 g/mol. The van der Waals surface area contributed by atoms with Gasteiger partial charge in [-0.25, -0.2) is 4.79 Å². The molecule has 242 valence electrons. The minimum atomic E-state index is -0.552. The van der Waals surface area contributed by atoms with Crippen LogP contribution in [0, 0.1) is 11.8 Å². The molecular weight excluding hydrogens is 556 g/mol. The summed E-state index contributed by atoms with van der Waals surface area (Å²) in [5, 5.41) is 6.21. The fourth-order valence-corrected chi connectivity index (χ4v) is 6.00. The van der Waals surface area contributed by atoms with Crippen LogP contribution in [0.1, 0.15) is 96.1 Å². The van der Waals surface area contributed by atoms with Gasteiger partial charge in [-0.1, -0.05) is 86.3 Å². The van der Waals surface area contributed by atoms with E-state index in [-0.39, 0.29) is 42.4 Å². The minimum absolute atomic E-state index is 0.00226. The first kappa shape index (κ1) is 35.1. The van der Waals surface area contributed by atoms with Gasteiger partial charge in [0.1, 0.15) is 12.2 Å². The Morgan fingerprint density at radius 2 is 1.20 bits per heavy atom. The lowest BCUT2D eigenvalue weighted by Crippen LogP contribution is -2.47. The Labute approximate surface area is 263 Å². The lowest BCUT2D eigenvalue weighted by Gasteiger charge is -2.34. The zero-order valence-electron chi connectivity index (χ0n) is 27.0. The second-order valence-electron chi connectivity index (χ2n) is 13.0. The van der Waals surface area contributed by atoms with E-state index >= 15 is 0 Å². The molecule has 2 N–H and O–H groups in total. The van der Waals surface area contributed by atoms with Gasteiger partial charge < -0.3 is 24.8 Å². The summed E-state index contributed by atoms with van der Waals surface area (Å²) in [5.41, 5.74) is 1.64. The molecule has 0 aliphatic heterocycles. The molecule has 0 heterocycles. The van der Waals surface area contributed by atoms with Crippen LogP contribution in [0.15, 0.2) is 60.7 Å². The van der Waals surface area contributed by atoms with Gasteiger partial charge in [-0.15, -0.1) is 0 Å². The minimum Gasteiger partial charge on any atom is -0.461 e. The van der Waals surface area contributed by atoms with Crippen LogP contribution >= 0.6 is 0 Å². The van der Waals surface area contributed by atoms with Crippen LogP contribution in [0.2, 0.25) is 0 Å². The molecule has 0 radical (unpaired) electrons. The second-order valence-corrected chi connectivity index (χ2v) is 13.0. The highest BCUT2D eigenvalue weighted by Gasteiger charge is 2.33. The molecule has 2 saturated carbocycles. The normalized spacial score (nSPS) is 21.6. The summed E-state index contributed by atoms with van der Waals surface area (Å²) in [6.45, 7) is 6.52. The Morgan fingerprint density at radius 1 is 0.705 bits per heavy atom. The fourth-order valence-electron chi connectivity index (χ4n) is 6.00. The highest BCUT2D eigenvalue weighted by molar-refractivity contribution is 5.77. The molecule has 8 heteroatoms. The summed E-state index contributed by atoms with van der Waals surface area (Å²) in [4.78, 5) is 37.8. The summed E-state index contributed by atoms with van der Waals surface area (Å²) >= 11 is 0. The molecule has 2 aliphatic carbocycles. The summed E-state index contributed by atoms with van der Waals surface area (Å²) in [7, 11) is 1.70. The van der Waals surface area contributed by atoms with E-state index in [1.54, 1.807) is 7.11 Å². The van der Waals surface area contributed by atoms with Crippen LogP contribution in [0.3, 0.4) is 0 Å². The van der Waals surface area contributed by atoms with Crippen LogP contribution < -0.4 is 10.6 Å². The number of ether oxygens (including phenoxy) is 3. The molecule has 0 saturated heterocycles. The molecule has 8 nitrogen and oxygen atoms in total. The third-order valence-electron chi connectivity index (χ3n) is 8.14. The molecule has 2 fully saturated rings. The number of rotatable bonds is 10. The van der Waals surface area contributed by atoms with E-state index in [0.717, 1.165) is 56.9 Å². The van der Waals surface area contributed by atoms with Crippen molar-refractivity contribution < 1.29 is 28.6 Å². The van der Waals surface area contributed by atoms with Gasteiger partial charge in [0.15, 0.2) is 0 Å². The number of hydrogen-bond donors (Lipinski definition) is 2. The van der Waals surface area contributed by atoms with Gasteiger partial charge in [0.2, 0.25) is 5.91 Å². The average Bonchev–Trinajstić information content (AvgIpc) is 2.99. The van der Waals surface area contributed by atoms with Crippen molar-refractivity contribution in [2.24, 2.45) is 11.8 Å². The van der Waals surface area contributed by atoms with E-state index in [2.05, 4.69) is 10.6 Å². The van der Waals surface area contributed by atoms with Gasteiger partial charge in [0, 0.05) is 25.6 Å². The molecule has 4 atom stereocenters. The van der Waals surface area contributed by atoms with Crippen molar-refractivity contribution in [2.75, 3.05) is 7.11 Å². The van der Waals surface area contributed by atoms with Crippen molar-refractivity contribution in [1.82, 2.24) is 10.6 Å². The maximum atomic E-state index is 13.0. The van der Waals surface area contributed by atoms with Crippen molar-refractivity contribution in [3.63, 3.8) is 0 Å². The van der Waals surface area contributed by atoms with Crippen LogP contribution in [-0.4, -0.2) is 42.8 Å². The van der Waals surface area contributed by atoms with Gasteiger partial charge in [0.25, 0.3) is 0 Å².